The van der Waals surface area contributed by atoms with E-state index in [0.29, 0.717) is 0 Å². The van der Waals surface area contributed by atoms with Crippen molar-refractivity contribution in [1.29, 1.82) is 0 Å². The first-order valence-electron chi connectivity index (χ1n) is 33.1. The van der Waals surface area contributed by atoms with Gasteiger partial charge >= 0.3 is 0 Å². The third kappa shape index (κ3) is 8.19. The molecule has 444 valence electrons. The van der Waals surface area contributed by atoms with Crippen LogP contribution in [-0.4, -0.2) is 0 Å². The zero-order valence-electron chi connectivity index (χ0n) is 52.1. The molecule has 0 aliphatic rings. The summed E-state index contributed by atoms with van der Waals surface area (Å²) in [4.78, 5) is 0. The van der Waals surface area contributed by atoms with Gasteiger partial charge in [0, 0.05) is 49.2 Å². The van der Waals surface area contributed by atoms with Crippen LogP contribution in [0.3, 0.4) is 0 Å². The average Bonchev–Trinajstić information content (AvgIpc) is 1.30. The Morgan fingerprint density at radius 3 is 0.719 bits per heavy atom. The first-order chi connectivity index (χ1) is 47.7. The smallest absolute Gasteiger partial charge is 0.143 e. The molecule has 0 N–H and O–H groups in total. The van der Waals surface area contributed by atoms with E-state index in [1.54, 1.807) is 0 Å². The summed E-state index contributed by atoms with van der Waals surface area (Å²) in [7, 11) is 0. The number of hydrogen-bond donors (Lipinski definition) is 0. The van der Waals surface area contributed by atoms with E-state index in [-0.39, 0.29) is 0 Å². The van der Waals surface area contributed by atoms with E-state index < -0.39 is 0 Å². The van der Waals surface area contributed by atoms with Crippen LogP contribution in [0.1, 0.15) is 0 Å². The van der Waals surface area contributed by atoms with Crippen molar-refractivity contribution >= 4 is 119 Å². The molecule has 0 aliphatic carbocycles. The molecule has 0 radical (unpaired) electrons. The summed E-state index contributed by atoms with van der Waals surface area (Å²) in [5.74, 6) is 0. The lowest BCUT2D eigenvalue weighted by molar-refractivity contribution is 0.670. The van der Waals surface area contributed by atoms with Crippen molar-refractivity contribution in [3.63, 3.8) is 0 Å². The van der Waals surface area contributed by atoms with E-state index in [2.05, 4.69) is 340 Å². The van der Waals surface area contributed by atoms with Gasteiger partial charge < -0.3 is 8.83 Å². The van der Waals surface area contributed by atoms with Gasteiger partial charge in [-0.05, 0) is 179 Å². The number of rotatable bonds is 8. The molecule has 0 saturated heterocycles. The summed E-state index contributed by atoms with van der Waals surface area (Å²) in [6.07, 6.45) is 0. The lowest BCUT2D eigenvalue weighted by Gasteiger charge is -2.20. The SMILES string of the molecule is c1ccc(-c2cc(-c3ccccc3)cc(-c3c4ccccc4c(-c4ccc(-c5c6ccccc6c(-c6cc7cc(-c8c9ccccc9c(-c9ccccc9)c9ccccc89)c8oc9ccccc9c8c7c7c6oc6ccccc67)c6ccccc56)cc4)c4ccccc34)c2)cc1. The van der Waals surface area contributed by atoms with E-state index in [1.165, 1.54) is 115 Å². The van der Waals surface area contributed by atoms with Crippen molar-refractivity contribution in [3.05, 3.63) is 340 Å². The molecule has 2 heteroatoms. The molecule has 0 bridgehead atoms. The minimum absolute atomic E-state index is 0.842. The number of furan rings is 2. The molecule has 0 saturated carbocycles. The van der Waals surface area contributed by atoms with E-state index >= 15 is 0 Å². The molecule has 0 aliphatic heterocycles. The highest BCUT2D eigenvalue weighted by Crippen LogP contribution is 2.55. The van der Waals surface area contributed by atoms with Crippen LogP contribution in [0.15, 0.2) is 349 Å². The van der Waals surface area contributed by atoms with Gasteiger partial charge in [0.25, 0.3) is 0 Å². The molecule has 2 aromatic heterocycles. The van der Waals surface area contributed by atoms with Gasteiger partial charge in [0.2, 0.25) is 0 Å². The van der Waals surface area contributed by atoms with Crippen molar-refractivity contribution < 1.29 is 8.83 Å². The van der Waals surface area contributed by atoms with Crippen molar-refractivity contribution in [3.8, 4) is 89.0 Å². The quantitative estimate of drug-likeness (QED) is 0.142. The first kappa shape index (κ1) is 54.0. The van der Waals surface area contributed by atoms with E-state index in [0.717, 1.165) is 93.2 Å². The van der Waals surface area contributed by atoms with Gasteiger partial charge in [-0.15, -0.1) is 0 Å². The summed E-state index contributed by atoms with van der Waals surface area (Å²) >= 11 is 0. The van der Waals surface area contributed by atoms with Gasteiger partial charge in [-0.25, -0.2) is 0 Å². The standard InChI is InChI=1S/C94H56O2/c1-4-26-57(27-5-1)62-52-63(58-28-6-2-7-29-58)54-64(53-62)87-68-34-12-10-32-66(68)85(67-33-11-13-35-69(67)87)60-48-50-61(51-49-60)86-72-38-16-20-42-76(72)90(77-43-21-17-39-73(77)86)81-56-65-55-80(89-74-40-18-14-36-70(74)84(59-30-8-3-9-31-59)71-37-15-19-41-75(71)89)93-91(78-44-22-24-46-82(78)95-93)88(65)92-79-45-23-25-47-83(79)96-94(81)92/h1-56H. The molecule has 0 fully saturated rings. The third-order valence-electron chi connectivity index (χ3n) is 20.4. The van der Waals surface area contributed by atoms with Gasteiger partial charge in [-0.1, -0.05) is 297 Å². The predicted octanol–water partition coefficient (Wildman–Crippen LogP) is 26.9. The average molecular weight is 1220 g/mol. The van der Waals surface area contributed by atoms with Gasteiger partial charge in [0.15, 0.2) is 0 Å². The second-order valence-electron chi connectivity index (χ2n) is 25.5. The molecule has 0 spiro atoms. The zero-order valence-corrected chi connectivity index (χ0v) is 52.1. The topological polar surface area (TPSA) is 26.3 Å². The second-order valence-corrected chi connectivity index (χ2v) is 25.5. The van der Waals surface area contributed by atoms with Crippen molar-refractivity contribution in [2.24, 2.45) is 0 Å². The fraction of sp³-hybridized carbons (Fsp3) is 0. The molecule has 2 nitrogen and oxygen atoms in total. The zero-order chi connectivity index (χ0) is 63.0. The Kier molecular flexibility index (Phi) is 12.1. The Morgan fingerprint density at radius 2 is 0.396 bits per heavy atom. The highest BCUT2D eigenvalue weighted by molar-refractivity contribution is 6.37. The third-order valence-corrected chi connectivity index (χ3v) is 20.4. The van der Waals surface area contributed by atoms with Crippen molar-refractivity contribution in [1.82, 2.24) is 0 Å². The Balaban J connectivity index is 0.807. The van der Waals surface area contributed by atoms with E-state index in [1.807, 2.05) is 0 Å². The van der Waals surface area contributed by atoms with Gasteiger partial charge in [0.05, 0.1) is 0 Å². The van der Waals surface area contributed by atoms with Crippen LogP contribution in [-0.2, 0) is 0 Å². The maximum Gasteiger partial charge on any atom is 0.143 e. The number of hydrogen-bond acceptors (Lipinski definition) is 2. The normalized spacial score (nSPS) is 12.0. The van der Waals surface area contributed by atoms with Crippen LogP contribution in [0.5, 0.6) is 0 Å². The van der Waals surface area contributed by atoms with Gasteiger partial charge in [0.1, 0.15) is 22.3 Å². The molecular formula is C94H56O2. The minimum Gasteiger partial charge on any atom is -0.455 e. The summed E-state index contributed by atoms with van der Waals surface area (Å²) in [5, 5.41) is 20.8. The molecule has 0 amide bonds. The Labute approximate surface area is 553 Å². The molecule has 96 heavy (non-hydrogen) atoms. The van der Waals surface area contributed by atoms with Gasteiger partial charge in [-0.3, -0.25) is 0 Å². The van der Waals surface area contributed by atoms with Crippen LogP contribution < -0.4 is 0 Å². The second kappa shape index (κ2) is 21.5. The van der Waals surface area contributed by atoms with Crippen LogP contribution in [0, 0.1) is 0 Å². The number of para-hydroxylation sites is 2. The molecule has 2 heterocycles. The molecular weight excluding hydrogens is 1160 g/mol. The summed E-state index contributed by atoms with van der Waals surface area (Å²) in [6.45, 7) is 0. The van der Waals surface area contributed by atoms with Crippen molar-refractivity contribution in [2.75, 3.05) is 0 Å². The molecule has 18 aromatic carbocycles. The lowest BCUT2D eigenvalue weighted by Crippen LogP contribution is -1.94. The fourth-order valence-electron chi connectivity index (χ4n) is 16.4. The predicted molar refractivity (Wildman–Crippen MR) is 407 cm³/mol. The maximum atomic E-state index is 7.35. The highest BCUT2D eigenvalue weighted by atomic mass is 16.3. The van der Waals surface area contributed by atoms with Gasteiger partial charge in [-0.2, -0.15) is 0 Å². The number of benzene rings is 18. The molecule has 0 atom stereocenters. The van der Waals surface area contributed by atoms with Crippen LogP contribution >= 0.6 is 0 Å². The number of fused-ring (bicyclic) bond motifs is 15. The maximum absolute atomic E-state index is 7.35. The van der Waals surface area contributed by atoms with Crippen LogP contribution in [0.4, 0.5) is 0 Å². The fourth-order valence-corrected chi connectivity index (χ4v) is 16.4. The van der Waals surface area contributed by atoms with Crippen LogP contribution in [0.2, 0.25) is 0 Å². The summed E-state index contributed by atoms with van der Waals surface area (Å²) < 4.78 is 14.6. The Hall–Kier alpha value is -12.6. The summed E-state index contributed by atoms with van der Waals surface area (Å²) in [6, 6.07) is 125. The molecule has 0 unspecified atom stereocenters. The Morgan fingerprint density at radius 1 is 0.156 bits per heavy atom. The molecule has 20 aromatic rings. The van der Waals surface area contributed by atoms with E-state index in [9.17, 15) is 0 Å². The van der Waals surface area contributed by atoms with Crippen LogP contribution in [0.25, 0.3) is 208 Å². The molecule has 20 rings (SSSR count). The monoisotopic (exact) mass is 1220 g/mol. The van der Waals surface area contributed by atoms with E-state index in [4.69, 9.17) is 8.83 Å². The van der Waals surface area contributed by atoms with Crippen molar-refractivity contribution in [2.45, 2.75) is 0 Å². The Bertz CT molecular complexity index is 6360. The largest absolute Gasteiger partial charge is 0.455 e. The summed E-state index contributed by atoms with van der Waals surface area (Å²) in [5.41, 5.74) is 22.1. The first-order valence-corrected chi connectivity index (χ1v) is 33.1. The lowest BCUT2D eigenvalue weighted by atomic mass is 9.82. The minimum atomic E-state index is 0.842. The highest BCUT2D eigenvalue weighted by Gasteiger charge is 2.28.